The predicted molar refractivity (Wildman–Crippen MR) is 215 cm³/mol. The number of rotatable bonds is 16. The Morgan fingerprint density at radius 1 is 0.722 bits per heavy atom. The maximum Gasteiger partial charge on any atom is 0.407 e. The van der Waals surface area contributed by atoms with Gasteiger partial charge in [0.2, 0.25) is 6.40 Å². The average molecular weight is 729 g/mol. The number of amides is 1. The number of nitrogens with one attached hydrogen (secondary N) is 3. The third kappa shape index (κ3) is 9.13. The molecule has 54 heavy (non-hydrogen) atoms. The Balaban J connectivity index is 1.14. The molecule has 0 saturated carbocycles. The SMILES string of the molecule is C=C(C)c1cccc(C(C)(C)N=COOCCNc2cccc3c2C(=O)c2cccc(NCCOC(=O)NC(C)(C)c4cccc(C(=C)C)c4)c2C3=O)c1. The van der Waals surface area contributed by atoms with Crippen molar-refractivity contribution < 1.29 is 28.9 Å². The number of anilines is 2. The van der Waals surface area contributed by atoms with Crippen molar-refractivity contribution in [2.45, 2.75) is 52.6 Å². The summed E-state index contributed by atoms with van der Waals surface area (Å²) in [6, 6.07) is 26.1. The Morgan fingerprint density at radius 3 is 1.78 bits per heavy atom. The number of nitrogens with zero attached hydrogens (tertiary/aromatic N) is 1. The standard InChI is InChI=1S/C44H48N4O6/c1-28(2)30-13-9-15-32(25-30)43(5,6)47-27-54-53-24-22-46-37-20-12-18-35-39(37)41(50)34-17-11-19-36(38(34)40(35)49)45-21-23-52-42(51)48-44(7,8)33-16-10-14-31(26-33)29(3)4/h9-20,25-27,45-46H,1,3,21-24H2,2,4-8H3,(H,48,51). The number of benzene rings is 4. The number of aliphatic imine (C=N–C) groups is 1. The second-order valence-corrected chi connectivity index (χ2v) is 14.3. The van der Waals surface area contributed by atoms with E-state index in [0.29, 0.717) is 29.0 Å². The van der Waals surface area contributed by atoms with E-state index in [1.807, 2.05) is 84.0 Å². The molecule has 10 nitrogen and oxygen atoms in total. The lowest BCUT2D eigenvalue weighted by Gasteiger charge is -2.27. The zero-order valence-electron chi connectivity index (χ0n) is 31.8. The lowest BCUT2D eigenvalue weighted by Crippen LogP contribution is -2.41. The number of alkyl carbamates (subject to hydrolysis) is 1. The molecule has 1 aliphatic carbocycles. The number of fused-ring (bicyclic) bond motifs is 2. The van der Waals surface area contributed by atoms with Gasteiger partial charge in [-0.3, -0.25) is 9.59 Å². The molecule has 0 unspecified atom stereocenters. The van der Waals surface area contributed by atoms with Gasteiger partial charge in [0.05, 0.1) is 22.2 Å². The maximum absolute atomic E-state index is 13.8. The lowest BCUT2D eigenvalue weighted by atomic mass is 9.82. The van der Waals surface area contributed by atoms with Crippen LogP contribution in [0.15, 0.2) is 103 Å². The highest BCUT2D eigenvalue weighted by Crippen LogP contribution is 2.35. The minimum atomic E-state index is -0.686. The van der Waals surface area contributed by atoms with Crippen molar-refractivity contribution in [1.82, 2.24) is 5.32 Å². The van der Waals surface area contributed by atoms with Crippen molar-refractivity contribution in [2.24, 2.45) is 4.99 Å². The van der Waals surface area contributed by atoms with E-state index in [2.05, 4.69) is 40.2 Å². The van der Waals surface area contributed by atoms with Crippen LogP contribution in [-0.4, -0.2) is 50.4 Å². The van der Waals surface area contributed by atoms with E-state index < -0.39 is 17.2 Å². The molecule has 4 aromatic carbocycles. The Hall–Kier alpha value is -6.00. The molecule has 3 N–H and O–H groups in total. The number of ketones is 2. The molecule has 0 fully saturated rings. The third-order valence-electron chi connectivity index (χ3n) is 9.26. The van der Waals surface area contributed by atoms with Gasteiger partial charge in [0.15, 0.2) is 11.6 Å². The predicted octanol–water partition coefficient (Wildman–Crippen LogP) is 8.93. The number of carbonyl (C=O) groups is 3. The van der Waals surface area contributed by atoms with Crippen LogP contribution in [0.4, 0.5) is 16.2 Å². The normalized spacial score (nSPS) is 12.5. The van der Waals surface area contributed by atoms with Gasteiger partial charge in [-0.25, -0.2) is 9.79 Å². The molecule has 0 atom stereocenters. The van der Waals surface area contributed by atoms with Crippen molar-refractivity contribution >= 4 is 46.6 Å². The van der Waals surface area contributed by atoms with Crippen LogP contribution in [0.3, 0.4) is 0 Å². The molecule has 0 aromatic heterocycles. The van der Waals surface area contributed by atoms with Crippen molar-refractivity contribution in [3.63, 3.8) is 0 Å². The Labute approximate surface area is 317 Å². The Morgan fingerprint density at radius 2 is 1.22 bits per heavy atom. The number of hydrogen-bond donors (Lipinski definition) is 3. The first-order valence-electron chi connectivity index (χ1n) is 17.8. The van der Waals surface area contributed by atoms with E-state index in [4.69, 9.17) is 14.5 Å². The summed E-state index contributed by atoms with van der Waals surface area (Å²) in [6.45, 7) is 20.4. The maximum atomic E-state index is 13.8. The minimum Gasteiger partial charge on any atom is -0.448 e. The molecule has 0 saturated heterocycles. The highest BCUT2D eigenvalue weighted by atomic mass is 17.2. The van der Waals surface area contributed by atoms with Gasteiger partial charge in [0.1, 0.15) is 13.2 Å². The van der Waals surface area contributed by atoms with Gasteiger partial charge in [-0.1, -0.05) is 85.0 Å². The van der Waals surface area contributed by atoms with Crippen LogP contribution in [0.1, 0.15) is 95.6 Å². The summed E-state index contributed by atoms with van der Waals surface area (Å²) in [6.07, 6.45) is 0.697. The summed E-state index contributed by atoms with van der Waals surface area (Å²) in [5.41, 5.74) is 6.80. The van der Waals surface area contributed by atoms with E-state index in [9.17, 15) is 14.4 Å². The van der Waals surface area contributed by atoms with Gasteiger partial charge in [0, 0.05) is 35.6 Å². The molecular weight excluding hydrogens is 681 g/mol. The number of ether oxygens (including phenoxy) is 1. The topological polar surface area (TPSA) is 127 Å². The van der Waals surface area contributed by atoms with Gasteiger partial charge in [-0.05, 0) is 88.1 Å². The molecule has 0 bridgehead atoms. The fraction of sp³-hybridized carbons (Fsp3) is 0.273. The van der Waals surface area contributed by atoms with Crippen LogP contribution in [0.25, 0.3) is 11.1 Å². The smallest absolute Gasteiger partial charge is 0.407 e. The second-order valence-electron chi connectivity index (χ2n) is 14.3. The van der Waals surface area contributed by atoms with Crippen LogP contribution < -0.4 is 16.0 Å². The first kappa shape index (κ1) is 39.2. The largest absolute Gasteiger partial charge is 0.448 e. The highest BCUT2D eigenvalue weighted by Gasteiger charge is 2.33. The molecule has 0 spiro atoms. The van der Waals surface area contributed by atoms with Crippen molar-refractivity contribution in [3.8, 4) is 0 Å². The molecular formula is C44H48N4O6. The summed E-state index contributed by atoms with van der Waals surface area (Å²) in [4.78, 5) is 55.4. The molecule has 280 valence electrons. The van der Waals surface area contributed by atoms with E-state index in [1.165, 1.54) is 6.40 Å². The number of allylic oxidation sites excluding steroid dienone is 2. The molecule has 10 heteroatoms. The molecule has 0 heterocycles. The summed E-state index contributed by atoms with van der Waals surface area (Å²) in [5, 5.41) is 9.29. The van der Waals surface area contributed by atoms with Crippen molar-refractivity contribution in [2.75, 3.05) is 36.9 Å². The fourth-order valence-corrected chi connectivity index (χ4v) is 6.10. The van der Waals surface area contributed by atoms with Crippen molar-refractivity contribution in [1.29, 1.82) is 0 Å². The van der Waals surface area contributed by atoms with Gasteiger partial charge in [0.25, 0.3) is 0 Å². The molecule has 0 aliphatic heterocycles. The first-order valence-corrected chi connectivity index (χ1v) is 17.8. The van der Waals surface area contributed by atoms with Crippen molar-refractivity contribution in [3.05, 3.63) is 143 Å². The third-order valence-corrected chi connectivity index (χ3v) is 9.26. The molecule has 1 aliphatic rings. The summed E-state index contributed by atoms with van der Waals surface area (Å²) < 4.78 is 5.46. The average Bonchev–Trinajstić information content (AvgIpc) is 3.14. The van der Waals surface area contributed by atoms with Crippen LogP contribution in [0, 0.1) is 0 Å². The zero-order chi connectivity index (χ0) is 39.0. The van der Waals surface area contributed by atoms with Crippen LogP contribution in [-0.2, 0) is 25.6 Å². The van der Waals surface area contributed by atoms with Crippen LogP contribution >= 0.6 is 0 Å². The van der Waals surface area contributed by atoms with Gasteiger partial charge in [-0.2, -0.15) is 4.89 Å². The Bertz CT molecular complexity index is 2120. The minimum absolute atomic E-state index is 0.0307. The van der Waals surface area contributed by atoms with Gasteiger partial charge >= 0.3 is 6.09 Å². The highest BCUT2D eigenvalue weighted by molar-refractivity contribution is 6.31. The Kier molecular flexibility index (Phi) is 12.2. The fourth-order valence-electron chi connectivity index (χ4n) is 6.10. The molecule has 1 amide bonds. The quantitative estimate of drug-likeness (QED) is 0.0302. The first-order chi connectivity index (χ1) is 25.7. The monoisotopic (exact) mass is 728 g/mol. The second kappa shape index (κ2) is 16.8. The molecule has 0 radical (unpaired) electrons. The van der Waals surface area contributed by atoms with E-state index in [1.54, 1.807) is 36.4 Å². The number of hydrogen-bond acceptors (Lipinski definition) is 9. The zero-order valence-corrected chi connectivity index (χ0v) is 31.8. The summed E-state index contributed by atoms with van der Waals surface area (Å²) >= 11 is 0. The molecule has 4 aromatic rings. The van der Waals surface area contributed by atoms with Gasteiger partial charge in [-0.15, -0.1) is 0 Å². The molecule has 5 rings (SSSR count). The summed E-state index contributed by atoms with van der Waals surface area (Å²) in [5.74, 6) is -0.557. The van der Waals surface area contributed by atoms with Gasteiger partial charge < -0.3 is 25.6 Å². The summed E-state index contributed by atoms with van der Waals surface area (Å²) in [7, 11) is 0. The van der Waals surface area contributed by atoms with E-state index in [-0.39, 0.29) is 42.5 Å². The van der Waals surface area contributed by atoms with E-state index >= 15 is 0 Å². The lowest BCUT2D eigenvalue weighted by molar-refractivity contribution is -0.213. The van der Waals surface area contributed by atoms with Crippen LogP contribution in [0.5, 0.6) is 0 Å². The van der Waals surface area contributed by atoms with Crippen LogP contribution in [0.2, 0.25) is 0 Å². The van der Waals surface area contributed by atoms with E-state index in [0.717, 1.165) is 33.4 Å². The number of carbonyl (C=O) groups excluding carboxylic acids is 3.